The third-order valence-electron chi connectivity index (χ3n) is 6.74. The van der Waals surface area contributed by atoms with Crippen molar-refractivity contribution in [3.8, 4) is 0 Å². The van der Waals surface area contributed by atoms with Crippen LogP contribution in [0.3, 0.4) is 0 Å². The Bertz CT molecular complexity index is 856. The number of piperidine rings is 2. The van der Waals surface area contributed by atoms with Crippen molar-refractivity contribution in [3.05, 3.63) is 30.2 Å². The molecule has 3 aliphatic rings. The summed E-state index contributed by atoms with van der Waals surface area (Å²) in [6.07, 6.45) is 7.76. The molecule has 0 atom stereocenters. The first kappa shape index (κ1) is 17.7. The zero-order valence-electron chi connectivity index (χ0n) is 16.2. The van der Waals surface area contributed by atoms with Gasteiger partial charge in [0.05, 0.1) is 5.41 Å². The summed E-state index contributed by atoms with van der Waals surface area (Å²) in [4.78, 5) is 39.8. The fourth-order valence-electron chi connectivity index (χ4n) is 5.25. The van der Waals surface area contributed by atoms with E-state index in [4.69, 9.17) is 0 Å². The summed E-state index contributed by atoms with van der Waals surface area (Å²) < 4.78 is 0. The van der Waals surface area contributed by atoms with Crippen LogP contribution in [0.25, 0.3) is 10.9 Å². The lowest BCUT2D eigenvalue weighted by molar-refractivity contribution is -0.150. The highest BCUT2D eigenvalue weighted by molar-refractivity contribution is 5.98. The van der Waals surface area contributed by atoms with Gasteiger partial charge >= 0.3 is 0 Å². The van der Waals surface area contributed by atoms with Crippen molar-refractivity contribution >= 4 is 22.7 Å². The zero-order chi connectivity index (χ0) is 19.1. The monoisotopic (exact) mass is 381 g/mol. The van der Waals surface area contributed by atoms with Gasteiger partial charge in [0, 0.05) is 56.0 Å². The second kappa shape index (κ2) is 6.88. The Morgan fingerprint density at radius 2 is 1.71 bits per heavy atom. The van der Waals surface area contributed by atoms with E-state index in [2.05, 4.69) is 14.9 Å². The van der Waals surface area contributed by atoms with Crippen LogP contribution >= 0.6 is 0 Å². The molecule has 3 fully saturated rings. The Kier molecular flexibility index (Phi) is 4.34. The molecule has 28 heavy (non-hydrogen) atoms. The fourth-order valence-corrected chi connectivity index (χ4v) is 5.25. The van der Waals surface area contributed by atoms with Gasteiger partial charge < -0.3 is 19.7 Å². The van der Waals surface area contributed by atoms with Crippen LogP contribution in [-0.2, 0) is 4.79 Å². The summed E-state index contributed by atoms with van der Waals surface area (Å²) in [5, 5.41) is 0.943. The minimum Gasteiger partial charge on any atom is -0.350 e. The number of piperazine rings is 1. The largest absolute Gasteiger partial charge is 0.350 e. The summed E-state index contributed by atoms with van der Waals surface area (Å²) in [5.74, 6) is 0.323. The summed E-state index contributed by atoms with van der Waals surface area (Å²) >= 11 is 0. The molecule has 2 amide bonds. The molecule has 0 saturated carbocycles. The van der Waals surface area contributed by atoms with Crippen molar-refractivity contribution < 1.29 is 9.59 Å². The summed E-state index contributed by atoms with van der Waals surface area (Å²) in [6.45, 7) is 5.65. The van der Waals surface area contributed by atoms with E-state index in [0.29, 0.717) is 37.8 Å². The minimum atomic E-state index is -0.174. The SMILES string of the molecule is O=C(c1cc2cnccc2[nH]1)N1CCN(C(=O)C23CCCN(CCC2)C3)CC1. The highest BCUT2D eigenvalue weighted by atomic mass is 16.2. The number of pyridine rings is 1. The number of carbonyl (C=O) groups excluding carboxylic acids is 2. The van der Waals surface area contributed by atoms with E-state index >= 15 is 0 Å². The molecule has 2 aromatic rings. The predicted octanol–water partition coefficient (Wildman–Crippen LogP) is 1.72. The number of nitrogens with zero attached hydrogens (tertiary/aromatic N) is 4. The van der Waals surface area contributed by atoms with Gasteiger partial charge in [0.25, 0.3) is 5.91 Å². The molecular formula is C21H27N5O2. The molecule has 0 aromatic carbocycles. The maximum atomic E-state index is 13.3. The van der Waals surface area contributed by atoms with E-state index in [-0.39, 0.29) is 11.3 Å². The van der Waals surface area contributed by atoms with Gasteiger partial charge in [-0.25, -0.2) is 0 Å². The van der Waals surface area contributed by atoms with Gasteiger partial charge in [0.15, 0.2) is 0 Å². The van der Waals surface area contributed by atoms with Gasteiger partial charge in [0.2, 0.25) is 5.91 Å². The second-order valence-electron chi connectivity index (χ2n) is 8.49. The molecule has 0 spiro atoms. The standard InChI is InChI=1S/C21H27N5O2/c27-19(18-13-16-14-22-6-3-17(16)23-18)25-9-11-26(12-10-25)20(28)21-4-1-7-24(15-21)8-2-5-21/h3,6,13-14,23H,1-2,4-5,7-12,15H2. The van der Waals surface area contributed by atoms with Crippen LogP contribution in [-0.4, -0.2) is 82.3 Å². The maximum absolute atomic E-state index is 13.3. The Morgan fingerprint density at radius 3 is 2.43 bits per heavy atom. The van der Waals surface area contributed by atoms with Crippen molar-refractivity contribution in [2.45, 2.75) is 25.7 Å². The maximum Gasteiger partial charge on any atom is 0.270 e. The molecule has 0 aliphatic carbocycles. The quantitative estimate of drug-likeness (QED) is 0.860. The van der Waals surface area contributed by atoms with Crippen LogP contribution in [0.5, 0.6) is 0 Å². The van der Waals surface area contributed by atoms with Crippen molar-refractivity contribution in [2.24, 2.45) is 5.41 Å². The minimum absolute atomic E-state index is 0.00275. The lowest BCUT2D eigenvalue weighted by Crippen LogP contribution is -2.59. The number of H-pyrrole nitrogens is 1. The van der Waals surface area contributed by atoms with Gasteiger partial charge in [-0.15, -0.1) is 0 Å². The van der Waals surface area contributed by atoms with Crippen LogP contribution in [0.2, 0.25) is 0 Å². The van der Waals surface area contributed by atoms with Crippen LogP contribution in [0.15, 0.2) is 24.5 Å². The zero-order valence-corrected chi connectivity index (χ0v) is 16.2. The van der Waals surface area contributed by atoms with E-state index in [0.717, 1.165) is 56.2 Å². The lowest BCUT2D eigenvalue weighted by Gasteiger charge is -2.48. The van der Waals surface area contributed by atoms with E-state index in [1.807, 2.05) is 21.9 Å². The Hall–Kier alpha value is -2.41. The van der Waals surface area contributed by atoms with Crippen LogP contribution in [0.4, 0.5) is 0 Å². The first-order valence-electron chi connectivity index (χ1n) is 10.4. The number of nitrogens with one attached hydrogen (secondary N) is 1. The highest BCUT2D eigenvalue weighted by Crippen LogP contribution is 2.40. The number of aromatic amines is 1. The number of fused-ring (bicyclic) bond motifs is 3. The van der Waals surface area contributed by atoms with Gasteiger partial charge in [-0.05, 0) is 50.9 Å². The van der Waals surface area contributed by atoms with Crippen molar-refractivity contribution in [1.29, 1.82) is 0 Å². The van der Waals surface area contributed by atoms with E-state index in [9.17, 15) is 9.59 Å². The number of carbonyl (C=O) groups is 2. The van der Waals surface area contributed by atoms with E-state index < -0.39 is 0 Å². The number of aromatic nitrogens is 2. The van der Waals surface area contributed by atoms with Crippen molar-refractivity contribution in [2.75, 3.05) is 45.8 Å². The van der Waals surface area contributed by atoms with Gasteiger partial charge in [-0.1, -0.05) is 0 Å². The van der Waals surface area contributed by atoms with E-state index in [1.165, 1.54) is 0 Å². The molecule has 2 bridgehead atoms. The van der Waals surface area contributed by atoms with E-state index in [1.54, 1.807) is 12.4 Å². The van der Waals surface area contributed by atoms with Crippen LogP contribution in [0.1, 0.15) is 36.2 Å². The number of amides is 2. The van der Waals surface area contributed by atoms with Crippen LogP contribution < -0.4 is 0 Å². The molecule has 5 heterocycles. The predicted molar refractivity (Wildman–Crippen MR) is 106 cm³/mol. The number of rotatable bonds is 2. The Labute approximate surface area is 164 Å². The van der Waals surface area contributed by atoms with Gasteiger partial charge in [0.1, 0.15) is 5.69 Å². The molecule has 5 rings (SSSR count). The summed E-state index contributed by atoms with van der Waals surface area (Å²) in [6, 6.07) is 3.74. The normalized spacial score (nSPS) is 27.8. The molecule has 0 radical (unpaired) electrons. The molecule has 7 nitrogen and oxygen atoms in total. The van der Waals surface area contributed by atoms with Crippen molar-refractivity contribution in [1.82, 2.24) is 24.7 Å². The van der Waals surface area contributed by atoms with Gasteiger partial charge in [-0.3, -0.25) is 14.6 Å². The topological polar surface area (TPSA) is 72.5 Å². The molecule has 2 aromatic heterocycles. The fraction of sp³-hybridized carbons (Fsp3) is 0.571. The average Bonchev–Trinajstić information content (AvgIpc) is 3.17. The molecule has 3 saturated heterocycles. The molecule has 1 N–H and O–H groups in total. The van der Waals surface area contributed by atoms with Crippen LogP contribution in [0, 0.1) is 5.41 Å². The number of hydrogen-bond donors (Lipinski definition) is 1. The third-order valence-corrected chi connectivity index (χ3v) is 6.74. The first-order chi connectivity index (χ1) is 13.6. The summed E-state index contributed by atoms with van der Waals surface area (Å²) in [5.41, 5.74) is 1.34. The molecule has 148 valence electrons. The highest BCUT2D eigenvalue weighted by Gasteiger charge is 2.46. The lowest BCUT2D eigenvalue weighted by atomic mass is 9.72. The molecular weight excluding hydrogens is 354 g/mol. The Balaban J connectivity index is 1.24. The van der Waals surface area contributed by atoms with Crippen molar-refractivity contribution in [3.63, 3.8) is 0 Å². The Morgan fingerprint density at radius 1 is 1.00 bits per heavy atom. The second-order valence-corrected chi connectivity index (χ2v) is 8.49. The molecule has 3 aliphatic heterocycles. The summed E-state index contributed by atoms with van der Waals surface area (Å²) in [7, 11) is 0. The smallest absolute Gasteiger partial charge is 0.270 e. The molecule has 7 heteroatoms. The molecule has 0 unspecified atom stereocenters. The van der Waals surface area contributed by atoms with Gasteiger partial charge in [-0.2, -0.15) is 0 Å². The number of hydrogen-bond acceptors (Lipinski definition) is 4. The average molecular weight is 381 g/mol. The third kappa shape index (κ3) is 2.98. The first-order valence-corrected chi connectivity index (χ1v) is 10.4.